The molecule has 0 bridgehead atoms. The van der Waals surface area contributed by atoms with Gasteiger partial charge in [-0.2, -0.15) is 0 Å². The van der Waals surface area contributed by atoms with Crippen molar-refractivity contribution >= 4 is 12.0 Å². The van der Waals surface area contributed by atoms with Gasteiger partial charge in [-0.25, -0.2) is 9.38 Å². The number of benzene rings is 2. The van der Waals surface area contributed by atoms with Gasteiger partial charge in [-0.3, -0.25) is 0 Å². The molecule has 1 fully saturated rings. The van der Waals surface area contributed by atoms with E-state index < -0.39 is 5.60 Å². The fraction of sp³-hybridized carbons (Fsp3) is 0.409. The van der Waals surface area contributed by atoms with Gasteiger partial charge in [0.25, 0.3) is 0 Å². The molecule has 1 saturated heterocycles. The van der Waals surface area contributed by atoms with Gasteiger partial charge in [0, 0.05) is 13.6 Å². The number of aliphatic imine (C=N–C) groups is 1. The summed E-state index contributed by atoms with van der Waals surface area (Å²) in [6, 6.07) is 10.7. The van der Waals surface area contributed by atoms with Crippen LogP contribution in [0, 0.1) is 19.7 Å². The Kier molecular flexibility index (Phi) is 5.92. The number of aryl methyl sites for hydroxylation is 2. The van der Waals surface area contributed by atoms with Crippen LogP contribution in [-0.2, 0) is 21.7 Å². The lowest BCUT2D eigenvalue weighted by Crippen LogP contribution is -2.49. The molecule has 0 unspecified atom stereocenters. The van der Waals surface area contributed by atoms with E-state index in [-0.39, 0.29) is 5.82 Å². The number of nitrogens with zero attached hydrogens (tertiary/aromatic N) is 2. The van der Waals surface area contributed by atoms with Gasteiger partial charge < -0.3 is 14.4 Å². The molecule has 0 N–H and O–H groups in total. The molecule has 2 aromatic rings. The Morgan fingerprint density at radius 3 is 2.48 bits per heavy atom. The summed E-state index contributed by atoms with van der Waals surface area (Å²) in [6.07, 6.45) is 1.86. The zero-order valence-electron chi connectivity index (χ0n) is 16.5. The van der Waals surface area contributed by atoms with Crippen molar-refractivity contribution in [3.63, 3.8) is 0 Å². The summed E-state index contributed by atoms with van der Waals surface area (Å²) >= 11 is 0. The summed E-state index contributed by atoms with van der Waals surface area (Å²) in [4.78, 5) is 6.64. The third-order valence-corrected chi connectivity index (χ3v) is 5.03. The van der Waals surface area contributed by atoms with Crippen molar-refractivity contribution in [1.29, 1.82) is 0 Å². The Bertz CT molecular complexity index is 814. The van der Waals surface area contributed by atoms with Crippen molar-refractivity contribution in [2.45, 2.75) is 33.0 Å². The zero-order valence-corrected chi connectivity index (χ0v) is 16.5. The van der Waals surface area contributed by atoms with Crippen LogP contribution in [0.25, 0.3) is 0 Å². The molecule has 1 aliphatic heterocycles. The van der Waals surface area contributed by atoms with Crippen LogP contribution in [0.5, 0.6) is 0 Å². The van der Waals surface area contributed by atoms with Gasteiger partial charge in [0.05, 0.1) is 31.8 Å². The summed E-state index contributed by atoms with van der Waals surface area (Å²) in [6.45, 7) is 8.62. The summed E-state index contributed by atoms with van der Waals surface area (Å²) in [5.74, 6) is -0.239. The quantitative estimate of drug-likeness (QED) is 0.532. The average molecular weight is 370 g/mol. The van der Waals surface area contributed by atoms with Gasteiger partial charge in [0.1, 0.15) is 11.4 Å². The SMILES string of the molecule is CCN(C)C=Nc1cc(C)c(C2(OCc3ccc(F)cc3)COC2)cc1C. The van der Waals surface area contributed by atoms with Gasteiger partial charge in [0.15, 0.2) is 0 Å². The number of rotatable bonds is 7. The van der Waals surface area contributed by atoms with Crippen LogP contribution in [0.3, 0.4) is 0 Å². The van der Waals surface area contributed by atoms with Crippen LogP contribution in [0.15, 0.2) is 41.4 Å². The highest BCUT2D eigenvalue weighted by Gasteiger charge is 2.43. The minimum atomic E-state index is -0.453. The van der Waals surface area contributed by atoms with Crippen molar-refractivity contribution < 1.29 is 13.9 Å². The molecule has 144 valence electrons. The first-order valence-corrected chi connectivity index (χ1v) is 9.26. The highest BCUT2D eigenvalue weighted by atomic mass is 19.1. The number of hydrogen-bond donors (Lipinski definition) is 0. The van der Waals surface area contributed by atoms with E-state index in [4.69, 9.17) is 9.47 Å². The number of hydrogen-bond acceptors (Lipinski definition) is 3. The van der Waals surface area contributed by atoms with Crippen LogP contribution in [0.1, 0.15) is 29.2 Å². The lowest BCUT2D eigenvalue weighted by molar-refractivity contribution is -0.223. The zero-order chi connectivity index (χ0) is 19.4. The standard InChI is InChI=1S/C22H27FN2O2/c1-5-25(4)15-24-21-11-16(2)20(10-17(21)3)22(13-26-14-22)27-12-18-6-8-19(23)9-7-18/h6-11,15H,5,12-14H2,1-4H3. The minimum Gasteiger partial charge on any atom is -0.375 e. The molecule has 0 atom stereocenters. The van der Waals surface area contributed by atoms with E-state index in [1.54, 1.807) is 12.1 Å². The normalized spacial score (nSPS) is 15.7. The van der Waals surface area contributed by atoms with E-state index in [1.807, 2.05) is 18.3 Å². The maximum absolute atomic E-state index is 13.1. The molecule has 3 rings (SSSR count). The molecule has 0 aromatic heterocycles. The second kappa shape index (κ2) is 8.19. The second-order valence-corrected chi connectivity index (χ2v) is 7.17. The van der Waals surface area contributed by atoms with Gasteiger partial charge in [-0.05, 0) is 61.2 Å². The summed E-state index contributed by atoms with van der Waals surface area (Å²) in [5, 5.41) is 0. The predicted octanol–water partition coefficient (Wildman–Crippen LogP) is 4.50. The van der Waals surface area contributed by atoms with E-state index in [0.29, 0.717) is 19.8 Å². The van der Waals surface area contributed by atoms with Crippen molar-refractivity contribution in [1.82, 2.24) is 4.90 Å². The van der Waals surface area contributed by atoms with E-state index in [9.17, 15) is 4.39 Å². The Hall–Kier alpha value is -2.24. The van der Waals surface area contributed by atoms with E-state index in [2.05, 4.69) is 37.9 Å². The van der Waals surface area contributed by atoms with Crippen LogP contribution >= 0.6 is 0 Å². The van der Waals surface area contributed by atoms with Crippen LogP contribution in [0.4, 0.5) is 10.1 Å². The molecule has 0 amide bonds. The average Bonchev–Trinajstić information content (AvgIpc) is 2.63. The Morgan fingerprint density at radius 2 is 1.89 bits per heavy atom. The topological polar surface area (TPSA) is 34.1 Å². The molecular weight excluding hydrogens is 343 g/mol. The smallest absolute Gasteiger partial charge is 0.140 e. The minimum absolute atomic E-state index is 0.239. The number of ether oxygens (including phenoxy) is 2. The Labute approximate surface area is 160 Å². The molecule has 4 nitrogen and oxygen atoms in total. The maximum atomic E-state index is 13.1. The third-order valence-electron chi connectivity index (χ3n) is 5.03. The van der Waals surface area contributed by atoms with Gasteiger partial charge >= 0.3 is 0 Å². The van der Waals surface area contributed by atoms with Crippen LogP contribution in [-0.4, -0.2) is 38.0 Å². The molecule has 1 heterocycles. The van der Waals surface area contributed by atoms with Gasteiger partial charge in [-0.15, -0.1) is 0 Å². The third kappa shape index (κ3) is 4.37. The monoisotopic (exact) mass is 370 g/mol. The van der Waals surface area contributed by atoms with Crippen LogP contribution in [0.2, 0.25) is 0 Å². The van der Waals surface area contributed by atoms with Crippen molar-refractivity contribution in [3.8, 4) is 0 Å². The molecule has 1 aliphatic rings. The van der Waals surface area contributed by atoms with Gasteiger partial charge in [-0.1, -0.05) is 18.2 Å². The fourth-order valence-corrected chi connectivity index (χ4v) is 3.08. The maximum Gasteiger partial charge on any atom is 0.140 e. The summed E-state index contributed by atoms with van der Waals surface area (Å²) in [7, 11) is 2.00. The molecule has 0 spiro atoms. The van der Waals surface area contributed by atoms with E-state index in [1.165, 1.54) is 12.1 Å². The fourth-order valence-electron chi connectivity index (χ4n) is 3.08. The predicted molar refractivity (Wildman–Crippen MR) is 106 cm³/mol. The lowest BCUT2D eigenvalue weighted by atomic mass is 9.86. The Balaban J connectivity index is 1.81. The van der Waals surface area contributed by atoms with Crippen molar-refractivity contribution in [2.24, 2.45) is 4.99 Å². The molecule has 27 heavy (non-hydrogen) atoms. The van der Waals surface area contributed by atoms with E-state index in [0.717, 1.165) is 34.5 Å². The first-order valence-electron chi connectivity index (χ1n) is 9.26. The Morgan fingerprint density at radius 1 is 1.19 bits per heavy atom. The van der Waals surface area contributed by atoms with E-state index >= 15 is 0 Å². The molecule has 5 heteroatoms. The molecular formula is C22H27FN2O2. The molecule has 2 aromatic carbocycles. The highest BCUT2D eigenvalue weighted by Crippen LogP contribution is 2.39. The summed E-state index contributed by atoms with van der Waals surface area (Å²) < 4.78 is 24.9. The first kappa shape index (κ1) is 19.5. The van der Waals surface area contributed by atoms with Crippen LogP contribution < -0.4 is 0 Å². The molecule has 0 saturated carbocycles. The number of halogens is 1. The molecule has 0 radical (unpaired) electrons. The highest BCUT2D eigenvalue weighted by molar-refractivity contribution is 5.64. The van der Waals surface area contributed by atoms with Gasteiger partial charge in [0.2, 0.25) is 0 Å². The summed E-state index contributed by atoms with van der Waals surface area (Å²) in [5.41, 5.74) is 4.83. The lowest BCUT2D eigenvalue weighted by Gasteiger charge is -2.42. The first-order chi connectivity index (χ1) is 12.9. The van der Waals surface area contributed by atoms with Crippen molar-refractivity contribution in [3.05, 3.63) is 64.5 Å². The largest absolute Gasteiger partial charge is 0.375 e. The second-order valence-electron chi connectivity index (χ2n) is 7.17. The molecule has 0 aliphatic carbocycles. The van der Waals surface area contributed by atoms with Crippen molar-refractivity contribution in [2.75, 3.05) is 26.8 Å².